The fraction of sp³-hybridized carbons (Fsp3) is 0. The maximum absolute atomic E-state index is 11.9. The molecule has 1 aromatic carbocycles. The van der Waals surface area contributed by atoms with Gasteiger partial charge in [-0.3, -0.25) is 9.78 Å². The molecule has 2 rings (SSSR count). The molecule has 2 aromatic rings. The van der Waals surface area contributed by atoms with Gasteiger partial charge in [0.25, 0.3) is 5.91 Å². The van der Waals surface area contributed by atoms with Crippen molar-refractivity contribution in [3.05, 3.63) is 57.8 Å². The van der Waals surface area contributed by atoms with Crippen LogP contribution in [0.5, 0.6) is 0 Å². The van der Waals surface area contributed by atoms with E-state index in [4.69, 9.17) is 11.6 Å². The van der Waals surface area contributed by atoms with Gasteiger partial charge in [0, 0.05) is 27.6 Å². The Morgan fingerprint density at radius 1 is 1.29 bits per heavy atom. The average molecular weight is 312 g/mol. The third-order valence-corrected chi connectivity index (χ3v) is 2.72. The number of nitrogens with zero attached hydrogens (tertiary/aromatic N) is 1. The van der Waals surface area contributed by atoms with Crippen LogP contribution < -0.4 is 5.32 Å². The Morgan fingerprint density at radius 2 is 2.12 bits per heavy atom. The first kappa shape index (κ1) is 12.1. The van der Waals surface area contributed by atoms with Crippen molar-refractivity contribution >= 4 is 39.1 Å². The summed E-state index contributed by atoms with van der Waals surface area (Å²) < 4.78 is 0.760. The molecule has 0 bridgehead atoms. The molecular formula is C12H8BrClN2O. The first-order valence-corrected chi connectivity index (χ1v) is 6.00. The predicted octanol–water partition coefficient (Wildman–Crippen LogP) is 3.75. The summed E-state index contributed by atoms with van der Waals surface area (Å²) in [6, 6.07) is 8.68. The summed E-state index contributed by atoms with van der Waals surface area (Å²) in [6.45, 7) is 0. The molecule has 86 valence electrons. The van der Waals surface area contributed by atoms with Crippen LogP contribution in [0.4, 0.5) is 5.69 Å². The van der Waals surface area contributed by atoms with E-state index in [2.05, 4.69) is 26.2 Å². The van der Waals surface area contributed by atoms with E-state index in [-0.39, 0.29) is 5.91 Å². The highest BCUT2D eigenvalue weighted by atomic mass is 79.9. The molecule has 0 aliphatic carbocycles. The van der Waals surface area contributed by atoms with Crippen molar-refractivity contribution < 1.29 is 4.79 Å². The molecule has 1 aromatic heterocycles. The van der Waals surface area contributed by atoms with Gasteiger partial charge in [-0.05, 0) is 40.2 Å². The molecule has 0 saturated heterocycles. The summed E-state index contributed by atoms with van der Waals surface area (Å²) in [5, 5.41) is 3.32. The molecule has 0 aliphatic rings. The molecule has 0 unspecified atom stereocenters. The number of carbonyl (C=O) groups excluding carboxylic acids is 1. The van der Waals surface area contributed by atoms with E-state index in [0.717, 1.165) is 4.47 Å². The van der Waals surface area contributed by atoms with Gasteiger partial charge in [-0.2, -0.15) is 0 Å². The van der Waals surface area contributed by atoms with Gasteiger partial charge < -0.3 is 5.32 Å². The SMILES string of the molecule is O=C(Nc1cccc(Cl)c1)c1cncc(Br)c1. The predicted molar refractivity (Wildman–Crippen MR) is 71.3 cm³/mol. The Kier molecular flexibility index (Phi) is 3.76. The summed E-state index contributed by atoms with van der Waals surface area (Å²) in [7, 11) is 0. The molecule has 1 N–H and O–H groups in total. The molecular weight excluding hydrogens is 304 g/mol. The highest BCUT2D eigenvalue weighted by Gasteiger charge is 2.06. The van der Waals surface area contributed by atoms with Crippen molar-refractivity contribution in [2.24, 2.45) is 0 Å². The topological polar surface area (TPSA) is 42.0 Å². The van der Waals surface area contributed by atoms with Crippen LogP contribution in [0, 0.1) is 0 Å². The standard InChI is InChI=1S/C12H8BrClN2O/c13-9-4-8(6-15-7-9)12(17)16-11-3-1-2-10(14)5-11/h1-7H,(H,16,17). The second-order valence-corrected chi connectivity index (χ2v) is 4.71. The molecule has 1 heterocycles. The Bertz CT molecular complexity index is 560. The number of pyridine rings is 1. The first-order chi connectivity index (χ1) is 8.15. The lowest BCUT2D eigenvalue weighted by Gasteiger charge is -2.05. The number of halogens is 2. The fourth-order valence-corrected chi connectivity index (χ4v) is 1.86. The molecule has 1 amide bonds. The van der Waals surface area contributed by atoms with Gasteiger partial charge >= 0.3 is 0 Å². The quantitative estimate of drug-likeness (QED) is 0.918. The Labute approximate surface area is 112 Å². The molecule has 0 spiro atoms. The number of rotatable bonds is 2. The summed E-state index contributed by atoms with van der Waals surface area (Å²) in [4.78, 5) is 15.8. The smallest absolute Gasteiger partial charge is 0.257 e. The number of aromatic nitrogens is 1. The average Bonchev–Trinajstić information content (AvgIpc) is 2.29. The van der Waals surface area contributed by atoms with Crippen LogP contribution in [0.2, 0.25) is 5.02 Å². The van der Waals surface area contributed by atoms with E-state index in [1.165, 1.54) is 6.20 Å². The van der Waals surface area contributed by atoms with Gasteiger partial charge in [-0.15, -0.1) is 0 Å². The largest absolute Gasteiger partial charge is 0.322 e. The van der Waals surface area contributed by atoms with Gasteiger partial charge in [0.05, 0.1) is 5.56 Å². The lowest BCUT2D eigenvalue weighted by molar-refractivity contribution is 0.102. The summed E-state index contributed by atoms with van der Waals surface area (Å²) in [5.74, 6) is -0.221. The number of hydrogen-bond acceptors (Lipinski definition) is 2. The minimum Gasteiger partial charge on any atom is -0.322 e. The third-order valence-electron chi connectivity index (χ3n) is 2.05. The van der Waals surface area contributed by atoms with E-state index >= 15 is 0 Å². The molecule has 0 aliphatic heterocycles. The normalized spacial score (nSPS) is 10.0. The minimum atomic E-state index is -0.221. The van der Waals surface area contributed by atoms with Crippen molar-refractivity contribution in [1.82, 2.24) is 4.98 Å². The Hall–Kier alpha value is -1.39. The summed E-state index contributed by atoms with van der Waals surface area (Å²) in [5.41, 5.74) is 1.14. The molecule has 5 heteroatoms. The summed E-state index contributed by atoms with van der Waals surface area (Å²) in [6.07, 6.45) is 3.13. The van der Waals surface area contributed by atoms with Crippen LogP contribution >= 0.6 is 27.5 Å². The highest BCUT2D eigenvalue weighted by Crippen LogP contribution is 2.16. The number of amides is 1. The second kappa shape index (κ2) is 5.29. The van der Waals surface area contributed by atoms with E-state index in [0.29, 0.717) is 16.3 Å². The van der Waals surface area contributed by atoms with Crippen LogP contribution in [0.15, 0.2) is 47.2 Å². The van der Waals surface area contributed by atoms with Crippen molar-refractivity contribution in [2.45, 2.75) is 0 Å². The monoisotopic (exact) mass is 310 g/mol. The van der Waals surface area contributed by atoms with Crippen LogP contribution in [-0.4, -0.2) is 10.9 Å². The molecule has 0 radical (unpaired) electrons. The fourth-order valence-electron chi connectivity index (χ4n) is 1.31. The molecule has 0 atom stereocenters. The lowest BCUT2D eigenvalue weighted by atomic mass is 10.2. The number of anilines is 1. The molecule has 0 saturated carbocycles. The van der Waals surface area contributed by atoms with Gasteiger partial charge in [-0.1, -0.05) is 17.7 Å². The zero-order valence-electron chi connectivity index (χ0n) is 8.65. The van der Waals surface area contributed by atoms with Crippen LogP contribution in [0.1, 0.15) is 10.4 Å². The zero-order valence-corrected chi connectivity index (χ0v) is 11.0. The number of nitrogens with one attached hydrogen (secondary N) is 1. The van der Waals surface area contributed by atoms with E-state index in [1.807, 2.05) is 0 Å². The van der Waals surface area contributed by atoms with E-state index in [1.54, 1.807) is 36.5 Å². The van der Waals surface area contributed by atoms with Crippen LogP contribution in [0.3, 0.4) is 0 Å². The van der Waals surface area contributed by atoms with Crippen LogP contribution in [-0.2, 0) is 0 Å². The molecule has 0 fully saturated rings. The van der Waals surface area contributed by atoms with Crippen molar-refractivity contribution in [3.63, 3.8) is 0 Å². The zero-order chi connectivity index (χ0) is 12.3. The third kappa shape index (κ3) is 3.28. The van der Waals surface area contributed by atoms with Gasteiger partial charge in [0.15, 0.2) is 0 Å². The van der Waals surface area contributed by atoms with Crippen LogP contribution in [0.25, 0.3) is 0 Å². The molecule has 3 nitrogen and oxygen atoms in total. The van der Waals surface area contributed by atoms with Crippen molar-refractivity contribution in [1.29, 1.82) is 0 Å². The number of benzene rings is 1. The van der Waals surface area contributed by atoms with Crippen molar-refractivity contribution in [2.75, 3.05) is 5.32 Å². The lowest BCUT2D eigenvalue weighted by Crippen LogP contribution is -2.12. The van der Waals surface area contributed by atoms with Crippen molar-refractivity contribution in [3.8, 4) is 0 Å². The molecule has 17 heavy (non-hydrogen) atoms. The highest BCUT2D eigenvalue weighted by molar-refractivity contribution is 9.10. The Balaban J connectivity index is 2.17. The number of hydrogen-bond donors (Lipinski definition) is 1. The van der Waals surface area contributed by atoms with Gasteiger partial charge in [0.1, 0.15) is 0 Å². The van der Waals surface area contributed by atoms with Gasteiger partial charge in [-0.25, -0.2) is 0 Å². The van der Waals surface area contributed by atoms with E-state index in [9.17, 15) is 4.79 Å². The summed E-state index contributed by atoms with van der Waals surface area (Å²) >= 11 is 9.09. The Morgan fingerprint density at radius 3 is 2.82 bits per heavy atom. The number of carbonyl (C=O) groups is 1. The maximum Gasteiger partial charge on any atom is 0.257 e. The van der Waals surface area contributed by atoms with E-state index < -0.39 is 0 Å². The maximum atomic E-state index is 11.9. The second-order valence-electron chi connectivity index (χ2n) is 3.36. The first-order valence-electron chi connectivity index (χ1n) is 4.82. The minimum absolute atomic E-state index is 0.221. The van der Waals surface area contributed by atoms with Gasteiger partial charge in [0.2, 0.25) is 0 Å².